The van der Waals surface area contributed by atoms with Crippen LogP contribution in [-0.4, -0.2) is 63.4 Å². The molecule has 6 nitrogen and oxygen atoms in total. The fourth-order valence-corrected chi connectivity index (χ4v) is 3.54. The van der Waals surface area contributed by atoms with E-state index in [1.165, 1.54) is 5.56 Å². The number of nitrogens with one attached hydrogen (secondary N) is 2. The van der Waals surface area contributed by atoms with E-state index >= 15 is 0 Å². The van der Waals surface area contributed by atoms with Gasteiger partial charge in [0.1, 0.15) is 5.75 Å². The second-order valence-corrected chi connectivity index (χ2v) is 7.33. The summed E-state index contributed by atoms with van der Waals surface area (Å²) in [6, 6.07) is 6.79. The highest BCUT2D eigenvalue weighted by Crippen LogP contribution is 2.19. The highest BCUT2D eigenvalue weighted by atomic mass is 16.5. The lowest BCUT2D eigenvalue weighted by Gasteiger charge is -2.33. The zero-order valence-electron chi connectivity index (χ0n) is 18.1. The van der Waals surface area contributed by atoms with Crippen LogP contribution in [0.15, 0.2) is 23.2 Å². The third-order valence-corrected chi connectivity index (χ3v) is 5.05. The van der Waals surface area contributed by atoms with Crippen LogP contribution in [0.5, 0.6) is 5.75 Å². The molecule has 1 saturated heterocycles. The molecule has 0 aliphatic carbocycles. The highest BCUT2D eigenvalue weighted by molar-refractivity contribution is 5.80. The average Bonchev–Trinajstić information content (AvgIpc) is 2.70. The molecule has 0 bridgehead atoms. The van der Waals surface area contributed by atoms with Crippen LogP contribution in [-0.2, 0) is 11.3 Å². The molecular weight excluding hydrogens is 352 g/mol. The predicted molar refractivity (Wildman–Crippen MR) is 116 cm³/mol. The number of methoxy groups -OCH3 is 1. The van der Waals surface area contributed by atoms with E-state index in [2.05, 4.69) is 41.5 Å². The Labute approximate surface area is 170 Å². The molecule has 1 aliphatic heterocycles. The summed E-state index contributed by atoms with van der Waals surface area (Å²) in [4.78, 5) is 7.33. The fraction of sp³-hybridized carbons (Fsp3) is 0.682. The van der Waals surface area contributed by atoms with Crippen molar-refractivity contribution in [1.82, 2.24) is 15.5 Å². The Morgan fingerprint density at radius 2 is 2.04 bits per heavy atom. The van der Waals surface area contributed by atoms with Gasteiger partial charge in [-0.25, -0.2) is 4.99 Å². The molecule has 0 spiro atoms. The number of nitrogens with zero attached hydrogens (tertiary/aromatic N) is 2. The summed E-state index contributed by atoms with van der Waals surface area (Å²) in [6.07, 6.45) is 3.42. The van der Waals surface area contributed by atoms with Crippen LogP contribution in [0.2, 0.25) is 0 Å². The summed E-state index contributed by atoms with van der Waals surface area (Å²) in [5.74, 6) is 1.87. The van der Waals surface area contributed by atoms with Crippen molar-refractivity contribution in [2.24, 2.45) is 4.99 Å². The standard InChI is InChI=1S/C22H38N4O2/c1-5-23-22(24-17-19-8-9-21(28-6-2)18(3)16-19)25-20-10-13-26(14-11-20)12-7-15-27-4/h8-9,16,20H,5-7,10-15,17H2,1-4H3,(H2,23,24,25). The summed E-state index contributed by atoms with van der Waals surface area (Å²) >= 11 is 0. The number of ether oxygens (including phenoxy) is 2. The van der Waals surface area contributed by atoms with Crippen molar-refractivity contribution in [1.29, 1.82) is 0 Å². The van der Waals surface area contributed by atoms with Gasteiger partial charge in [-0.15, -0.1) is 0 Å². The summed E-state index contributed by atoms with van der Waals surface area (Å²) < 4.78 is 10.8. The van der Waals surface area contributed by atoms with Gasteiger partial charge in [-0.2, -0.15) is 0 Å². The van der Waals surface area contributed by atoms with E-state index in [9.17, 15) is 0 Å². The molecule has 0 aromatic heterocycles. The minimum absolute atomic E-state index is 0.485. The predicted octanol–water partition coefficient (Wildman–Crippen LogP) is 2.95. The molecule has 6 heteroatoms. The largest absolute Gasteiger partial charge is 0.494 e. The number of guanidine groups is 1. The lowest BCUT2D eigenvalue weighted by atomic mass is 10.1. The maximum Gasteiger partial charge on any atom is 0.191 e. The van der Waals surface area contributed by atoms with Gasteiger partial charge < -0.3 is 25.0 Å². The molecule has 158 valence electrons. The molecule has 2 rings (SSSR count). The number of piperidine rings is 1. The van der Waals surface area contributed by atoms with Crippen molar-refractivity contribution in [2.45, 2.75) is 52.6 Å². The van der Waals surface area contributed by atoms with Crippen molar-refractivity contribution in [2.75, 3.05) is 46.5 Å². The van der Waals surface area contributed by atoms with Crippen LogP contribution in [0.3, 0.4) is 0 Å². The minimum Gasteiger partial charge on any atom is -0.494 e. The molecule has 1 aromatic rings. The van der Waals surface area contributed by atoms with Gasteiger partial charge in [-0.3, -0.25) is 0 Å². The van der Waals surface area contributed by atoms with E-state index in [1.54, 1.807) is 7.11 Å². The normalized spacial score (nSPS) is 16.2. The smallest absolute Gasteiger partial charge is 0.191 e. The maximum absolute atomic E-state index is 5.62. The zero-order chi connectivity index (χ0) is 20.2. The van der Waals surface area contributed by atoms with Gasteiger partial charge in [0, 0.05) is 45.9 Å². The summed E-state index contributed by atoms with van der Waals surface area (Å²) in [5, 5.41) is 7.01. The molecule has 1 fully saturated rings. The Hall–Kier alpha value is -1.79. The molecule has 0 radical (unpaired) electrons. The van der Waals surface area contributed by atoms with Gasteiger partial charge in [-0.1, -0.05) is 12.1 Å². The van der Waals surface area contributed by atoms with Crippen LogP contribution in [0.1, 0.15) is 44.2 Å². The first-order valence-corrected chi connectivity index (χ1v) is 10.6. The molecule has 1 aromatic carbocycles. The van der Waals surface area contributed by atoms with E-state index < -0.39 is 0 Å². The maximum atomic E-state index is 5.62. The number of rotatable bonds is 10. The fourth-order valence-electron chi connectivity index (χ4n) is 3.54. The Morgan fingerprint density at radius 1 is 1.25 bits per heavy atom. The first-order valence-electron chi connectivity index (χ1n) is 10.6. The van der Waals surface area contributed by atoms with Crippen molar-refractivity contribution in [3.05, 3.63) is 29.3 Å². The first-order chi connectivity index (χ1) is 13.7. The minimum atomic E-state index is 0.485. The van der Waals surface area contributed by atoms with Crippen molar-refractivity contribution in [3.8, 4) is 5.75 Å². The number of benzene rings is 1. The van der Waals surface area contributed by atoms with Gasteiger partial charge in [-0.05, 0) is 57.2 Å². The number of hydrogen-bond donors (Lipinski definition) is 2. The van der Waals surface area contributed by atoms with Crippen LogP contribution in [0, 0.1) is 6.92 Å². The second-order valence-electron chi connectivity index (χ2n) is 7.33. The van der Waals surface area contributed by atoms with Crippen molar-refractivity contribution >= 4 is 5.96 Å². The molecular formula is C22H38N4O2. The lowest BCUT2D eigenvalue weighted by Crippen LogP contribution is -2.48. The number of likely N-dealkylation sites (tertiary alicyclic amines) is 1. The Bertz CT molecular complexity index is 598. The summed E-state index contributed by atoms with van der Waals surface area (Å²) in [6.45, 7) is 12.7. The van der Waals surface area contributed by atoms with E-state index in [1.807, 2.05) is 13.0 Å². The summed E-state index contributed by atoms with van der Waals surface area (Å²) in [5.41, 5.74) is 2.36. The van der Waals surface area contributed by atoms with E-state index in [0.717, 1.165) is 69.3 Å². The average molecular weight is 391 g/mol. The van der Waals surface area contributed by atoms with Gasteiger partial charge in [0.25, 0.3) is 0 Å². The lowest BCUT2D eigenvalue weighted by molar-refractivity contribution is 0.155. The van der Waals surface area contributed by atoms with Gasteiger partial charge >= 0.3 is 0 Å². The third-order valence-electron chi connectivity index (χ3n) is 5.05. The summed E-state index contributed by atoms with van der Waals surface area (Å²) in [7, 11) is 1.77. The number of aliphatic imine (C=N–C) groups is 1. The molecule has 0 unspecified atom stereocenters. The zero-order valence-corrected chi connectivity index (χ0v) is 18.1. The van der Waals surface area contributed by atoms with Crippen LogP contribution < -0.4 is 15.4 Å². The van der Waals surface area contributed by atoms with Gasteiger partial charge in [0.2, 0.25) is 0 Å². The van der Waals surface area contributed by atoms with Crippen molar-refractivity contribution in [3.63, 3.8) is 0 Å². The Morgan fingerprint density at radius 3 is 2.68 bits per heavy atom. The number of hydrogen-bond acceptors (Lipinski definition) is 4. The van der Waals surface area contributed by atoms with Crippen molar-refractivity contribution < 1.29 is 9.47 Å². The topological polar surface area (TPSA) is 58.1 Å². The second kappa shape index (κ2) is 12.6. The van der Waals surface area contributed by atoms with E-state index in [4.69, 9.17) is 14.5 Å². The van der Waals surface area contributed by atoms with Crippen LogP contribution in [0.4, 0.5) is 0 Å². The monoisotopic (exact) mass is 390 g/mol. The quantitative estimate of drug-likeness (QED) is 0.365. The highest BCUT2D eigenvalue weighted by Gasteiger charge is 2.19. The first kappa shape index (κ1) is 22.5. The molecule has 28 heavy (non-hydrogen) atoms. The molecule has 0 amide bonds. The Kier molecular flexibility index (Phi) is 10.1. The SMILES string of the molecule is CCNC(=NCc1ccc(OCC)c(C)c1)NC1CCN(CCCOC)CC1. The van der Waals surface area contributed by atoms with E-state index in [0.29, 0.717) is 19.2 Å². The Balaban J connectivity index is 1.85. The third kappa shape index (κ3) is 7.68. The molecule has 0 saturated carbocycles. The molecule has 0 atom stereocenters. The number of aryl methyl sites for hydroxylation is 1. The van der Waals surface area contributed by atoms with Crippen LogP contribution >= 0.6 is 0 Å². The van der Waals surface area contributed by atoms with E-state index in [-0.39, 0.29) is 0 Å². The molecule has 1 heterocycles. The molecule has 2 N–H and O–H groups in total. The van der Waals surface area contributed by atoms with Gasteiger partial charge in [0.15, 0.2) is 5.96 Å². The molecule has 1 aliphatic rings. The van der Waals surface area contributed by atoms with Crippen LogP contribution in [0.25, 0.3) is 0 Å². The van der Waals surface area contributed by atoms with Gasteiger partial charge in [0.05, 0.1) is 13.2 Å².